The smallest absolute Gasteiger partial charge is 0.237 e. The van der Waals surface area contributed by atoms with E-state index in [2.05, 4.69) is 5.43 Å². The Labute approximate surface area is 63.5 Å². The Bertz CT molecular complexity index is 162. The van der Waals surface area contributed by atoms with Crippen LogP contribution in [0, 0.1) is 0 Å². The Morgan fingerprint density at radius 1 is 1.90 bits per heavy atom. The largest absolute Gasteiger partial charge is 0.368 e. The van der Waals surface area contributed by atoms with Gasteiger partial charge in [0.25, 0.3) is 0 Å². The molecule has 5 heteroatoms. The molecule has 1 amide bonds. The monoisotopic (exact) mass is 159 g/mol. The van der Waals surface area contributed by atoms with Gasteiger partial charge < -0.3 is 11.2 Å². The van der Waals surface area contributed by atoms with Crippen LogP contribution in [0.5, 0.6) is 0 Å². The third-order valence-corrected chi connectivity index (χ3v) is 2.11. The van der Waals surface area contributed by atoms with Crippen molar-refractivity contribution in [2.75, 3.05) is 0 Å². The molecule has 1 heterocycles. The van der Waals surface area contributed by atoms with E-state index in [9.17, 15) is 4.79 Å². The maximum Gasteiger partial charge on any atom is 0.237 e. The molecular formula is C5H9N3OS. The zero-order valence-electron chi connectivity index (χ0n) is 5.57. The van der Waals surface area contributed by atoms with E-state index >= 15 is 0 Å². The van der Waals surface area contributed by atoms with E-state index < -0.39 is 0 Å². The van der Waals surface area contributed by atoms with Crippen LogP contribution < -0.4 is 11.2 Å². The molecule has 1 unspecified atom stereocenters. The van der Waals surface area contributed by atoms with Crippen LogP contribution in [0.25, 0.3) is 0 Å². The van der Waals surface area contributed by atoms with Crippen LogP contribution in [0.2, 0.25) is 0 Å². The summed E-state index contributed by atoms with van der Waals surface area (Å²) in [6, 6.07) is -0.278. The maximum absolute atomic E-state index is 10.6. The van der Waals surface area contributed by atoms with Gasteiger partial charge in [-0.05, 0) is 18.9 Å². The molecule has 0 aromatic heterocycles. The van der Waals surface area contributed by atoms with Crippen molar-refractivity contribution in [3.63, 3.8) is 0 Å². The third-order valence-electron chi connectivity index (χ3n) is 1.21. The Hall–Kier alpha value is -0.680. The number of primary amides is 1. The average Bonchev–Trinajstić information content (AvgIpc) is 2.36. The lowest BCUT2D eigenvalue weighted by atomic mass is 10.3. The average molecular weight is 159 g/mol. The minimum absolute atomic E-state index is 0.278. The second-order valence-corrected chi connectivity index (χ2v) is 2.82. The summed E-state index contributed by atoms with van der Waals surface area (Å²) >= 11 is 1.42. The van der Waals surface area contributed by atoms with Crippen LogP contribution in [0.1, 0.15) is 6.92 Å². The van der Waals surface area contributed by atoms with Crippen LogP contribution in [-0.4, -0.2) is 16.4 Å². The third kappa shape index (κ3) is 1.43. The van der Waals surface area contributed by atoms with E-state index in [4.69, 9.17) is 5.73 Å². The number of carbonyl (C=O) groups excluding carboxylic acids is 1. The molecule has 10 heavy (non-hydrogen) atoms. The van der Waals surface area contributed by atoms with Gasteiger partial charge >= 0.3 is 0 Å². The van der Waals surface area contributed by atoms with Gasteiger partial charge in [-0.3, -0.25) is 4.79 Å². The van der Waals surface area contributed by atoms with Crippen molar-refractivity contribution in [1.82, 2.24) is 9.84 Å². The first-order valence-electron chi connectivity index (χ1n) is 2.88. The molecule has 1 aliphatic rings. The number of nitrogens with two attached hydrogens (primary N) is 1. The minimum Gasteiger partial charge on any atom is -0.368 e. The maximum atomic E-state index is 10.6. The molecule has 0 aliphatic carbocycles. The summed E-state index contributed by atoms with van der Waals surface area (Å²) in [7, 11) is 0. The predicted molar refractivity (Wildman–Crippen MR) is 40.4 cm³/mol. The standard InChI is InChI=1S/C5H9N3OS/c1-4(5(6)9)8-7-2-3-10-8/h2-4,7H,1H3,(H2,6,9). The number of amides is 1. The van der Waals surface area contributed by atoms with Crippen LogP contribution >= 0.6 is 11.9 Å². The van der Waals surface area contributed by atoms with Crippen LogP contribution in [0.3, 0.4) is 0 Å². The Morgan fingerprint density at radius 3 is 3.00 bits per heavy atom. The van der Waals surface area contributed by atoms with E-state index in [1.165, 1.54) is 11.9 Å². The van der Waals surface area contributed by atoms with Crippen molar-refractivity contribution < 1.29 is 4.79 Å². The topological polar surface area (TPSA) is 58.4 Å². The highest BCUT2D eigenvalue weighted by molar-refractivity contribution is 8.00. The molecule has 0 fully saturated rings. The van der Waals surface area contributed by atoms with Gasteiger partial charge in [0.05, 0.1) is 0 Å². The van der Waals surface area contributed by atoms with Gasteiger partial charge in [-0.15, -0.1) is 0 Å². The highest BCUT2D eigenvalue weighted by Crippen LogP contribution is 2.16. The highest BCUT2D eigenvalue weighted by Gasteiger charge is 2.19. The van der Waals surface area contributed by atoms with E-state index in [1.807, 2.05) is 5.41 Å². The Morgan fingerprint density at radius 2 is 2.60 bits per heavy atom. The Kier molecular flexibility index (Phi) is 2.18. The first-order valence-corrected chi connectivity index (χ1v) is 3.72. The summed E-state index contributed by atoms with van der Waals surface area (Å²) in [6.45, 7) is 1.75. The first kappa shape index (κ1) is 7.43. The number of nitrogens with zero attached hydrogens (tertiary/aromatic N) is 1. The molecule has 1 atom stereocenters. The second kappa shape index (κ2) is 2.94. The van der Waals surface area contributed by atoms with Gasteiger partial charge in [0, 0.05) is 11.6 Å². The highest BCUT2D eigenvalue weighted by atomic mass is 32.2. The molecule has 0 aromatic carbocycles. The van der Waals surface area contributed by atoms with Crippen molar-refractivity contribution in [3.05, 3.63) is 11.6 Å². The normalized spacial score (nSPS) is 20.5. The van der Waals surface area contributed by atoms with Crippen molar-refractivity contribution in [1.29, 1.82) is 0 Å². The Balaban J connectivity index is 2.42. The van der Waals surface area contributed by atoms with Crippen molar-refractivity contribution in [2.45, 2.75) is 13.0 Å². The summed E-state index contributed by atoms with van der Waals surface area (Å²) in [4.78, 5) is 10.6. The summed E-state index contributed by atoms with van der Waals surface area (Å²) in [5.41, 5.74) is 7.91. The summed E-state index contributed by atoms with van der Waals surface area (Å²) in [5, 5.41) is 1.85. The fourth-order valence-electron chi connectivity index (χ4n) is 0.549. The zero-order chi connectivity index (χ0) is 7.56. The molecule has 1 aliphatic heterocycles. The van der Waals surface area contributed by atoms with Gasteiger partial charge in [0.15, 0.2) is 0 Å². The number of carbonyl (C=O) groups is 1. The van der Waals surface area contributed by atoms with Crippen LogP contribution in [-0.2, 0) is 4.79 Å². The van der Waals surface area contributed by atoms with Crippen molar-refractivity contribution >= 4 is 17.9 Å². The number of hydrogen-bond acceptors (Lipinski definition) is 4. The predicted octanol–water partition coefficient (Wildman–Crippen LogP) is -0.200. The molecule has 3 N–H and O–H groups in total. The molecule has 4 nitrogen and oxygen atoms in total. The molecule has 1 rings (SSSR count). The van der Waals surface area contributed by atoms with Crippen molar-refractivity contribution in [3.8, 4) is 0 Å². The number of nitrogens with one attached hydrogen (secondary N) is 1. The molecular weight excluding hydrogens is 150 g/mol. The quantitative estimate of drug-likeness (QED) is 0.548. The van der Waals surface area contributed by atoms with Gasteiger partial charge in [0.1, 0.15) is 6.04 Å². The van der Waals surface area contributed by atoms with Gasteiger partial charge in [-0.2, -0.15) is 4.41 Å². The number of rotatable bonds is 2. The van der Waals surface area contributed by atoms with E-state index in [0.717, 1.165) is 0 Å². The molecule has 0 saturated heterocycles. The second-order valence-electron chi connectivity index (χ2n) is 1.94. The van der Waals surface area contributed by atoms with Gasteiger partial charge in [0.2, 0.25) is 5.91 Å². The zero-order valence-corrected chi connectivity index (χ0v) is 6.39. The van der Waals surface area contributed by atoms with Gasteiger partial charge in [-0.25, -0.2) is 0 Å². The molecule has 0 radical (unpaired) electrons. The SMILES string of the molecule is CC(C(N)=O)N1NC=CS1. The molecule has 56 valence electrons. The molecule has 0 aromatic rings. The van der Waals surface area contributed by atoms with Crippen LogP contribution in [0.4, 0.5) is 0 Å². The molecule has 0 spiro atoms. The number of hydrogen-bond donors (Lipinski definition) is 2. The van der Waals surface area contributed by atoms with E-state index in [-0.39, 0.29) is 11.9 Å². The fourth-order valence-corrected chi connectivity index (χ4v) is 1.21. The first-order chi connectivity index (χ1) is 4.72. The lowest BCUT2D eigenvalue weighted by Gasteiger charge is -2.18. The van der Waals surface area contributed by atoms with E-state index in [0.29, 0.717) is 0 Å². The summed E-state index contributed by atoms with van der Waals surface area (Å²) in [5.74, 6) is -0.330. The molecule has 0 saturated carbocycles. The molecule has 0 bridgehead atoms. The summed E-state index contributed by atoms with van der Waals surface area (Å²) in [6.07, 6.45) is 1.75. The minimum atomic E-state index is -0.330. The lowest BCUT2D eigenvalue weighted by molar-refractivity contribution is -0.121. The van der Waals surface area contributed by atoms with Gasteiger partial charge in [-0.1, -0.05) is 0 Å². The van der Waals surface area contributed by atoms with Crippen molar-refractivity contribution in [2.24, 2.45) is 5.73 Å². The lowest BCUT2D eigenvalue weighted by Crippen LogP contribution is -2.42. The van der Waals surface area contributed by atoms with E-state index in [1.54, 1.807) is 17.5 Å². The summed E-state index contributed by atoms with van der Waals surface area (Å²) < 4.78 is 1.68. The number of hydrazine groups is 1. The fraction of sp³-hybridized carbons (Fsp3) is 0.400. The van der Waals surface area contributed by atoms with Crippen LogP contribution in [0.15, 0.2) is 11.6 Å².